The second-order valence-corrected chi connectivity index (χ2v) is 7.02. The molecule has 2 aromatic rings. The zero-order chi connectivity index (χ0) is 17.3. The van der Waals surface area contributed by atoms with Gasteiger partial charge in [-0.25, -0.2) is 4.68 Å². The van der Waals surface area contributed by atoms with E-state index >= 15 is 0 Å². The van der Waals surface area contributed by atoms with Crippen molar-refractivity contribution in [3.63, 3.8) is 0 Å². The fourth-order valence-corrected chi connectivity index (χ4v) is 3.10. The Morgan fingerprint density at radius 3 is 2.46 bits per heavy atom. The molecule has 0 atom stereocenters. The number of benzene rings is 1. The van der Waals surface area contributed by atoms with E-state index < -0.39 is 0 Å². The van der Waals surface area contributed by atoms with Gasteiger partial charge in [-0.1, -0.05) is 32.0 Å². The summed E-state index contributed by atoms with van der Waals surface area (Å²) in [7, 11) is 2.14. The highest BCUT2D eigenvalue weighted by molar-refractivity contribution is 6.04. The lowest BCUT2D eigenvalue weighted by atomic mass is 10.1. The van der Waals surface area contributed by atoms with Gasteiger partial charge < -0.3 is 9.80 Å². The Labute approximate surface area is 141 Å². The minimum absolute atomic E-state index is 0.0730. The van der Waals surface area contributed by atoms with Gasteiger partial charge in [0.15, 0.2) is 5.69 Å². The number of aromatic nitrogens is 2. The number of piperazine rings is 1. The molecule has 1 fully saturated rings. The van der Waals surface area contributed by atoms with Gasteiger partial charge in [0.1, 0.15) is 0 Å². The maximum absolute atomic E-state index is 13.0. The number of quaternary nitrogens is 1. The van der Waals surface area contributed by atoms with Crippen molar-refractivity contribution in [1.29, 1.82) is 0 Å². The van der Waals surface area contributed by atoms with Gasteiger partial charge in [-0.05, 0) is 12.0 Å². The van der Waals surface area contributed by atoms with Crippen molar-refractivity contribution in [1.82, 2.24) is 14.7 Å². The predicted octanol–water partition coefficient (Wildman–Crippen LogP) is 0.0230. The third-order valence-electron chi connectivity index (χ3n) is 4.51. The van der Waals surface area contributed by atoms with Crippen LogP contribution in [0.25, 0.3) is 10.8 Å². The average molecular weight is 329 g/mol. The minimum Gasteiger partial charge on any atom is -0.334 e. The third kappa shape index (κ3) is 3.19. The van der Waals surface area contributed by atoms with Crippen LogP contribution >= 0.6 is 0 Å². The van der Waals surface area contributed by atoms with Gasteiger partial charge in [-0.3, -0.25) is 9.59 Å². The number of rotatable bonds is 3. The van der Waals surface area contributed by atoms with Crippen LogP contribution in [0.15, 0.2) is 29.1 Å². The standard InChI is InChI=1S/C18H24N4O2/c1-13(2)12-22-17(23)15-7-5-4-6-14(15)16(19-22)18(24)21-10-8-20(3)9-11-21/h4-7,13H,8-12H2,1-3H3/p+1. The molecule has 1 aromatic carbocycles. The molecule has 1 aromatic heterocycles. The maximum atomic E-state index is 13.0. The van der Waals surface area contributed by atoms with Crippen LogP contribution in [0, 0.1) is 5.92 Å². The van der Waals surface area contributed by atoms with E-state index in [1.165, 1.54) is 9.58 Å². The lowest BCUT2D eigenvalue weighted by Crippen LogP contribution is -3.12. The molecule has 0 bridgehead atoms. The van der Waals surface area contributed by atoms with Crippen LogP contribution in [-0.2, 0) is 6.54 Å². The van der Waals surface area contributed by atoms with Crippen LogP contribution in [0.5, 0.6) is 0 Å². The Balaban J connectivity index is 2.07. The average Bonchev–Trinajstić information content (AvgIpc) is 2.57. The van der Waals surface area contributed by atoms with Gasteiger partial charge >= 0.3 is 0 Å². The van der Waals surface area contributed by atoms with Crippen molar-refractivity contribution in [2.45, 2.75) is 20.4 Å². The van der Waals surface area contributed by atoms with Crippen LogP contribution in [0.3, 0.4) is 0 Å². The maximum Gasteiger partial charge on any atom is 0.275 e. The molecule has 0 spiro atoms. The molecule has 1 saturated heterocycles. The number of carbonyl (C=O) groups excluding carboxylic acids is 1. The van der Waals surface area contributed by atoms with E-state index in [1.807, 2.05) is 36.9 Å². The summed E-state index contributed by atoms with van der Waals surface area (Å²) in [5.74, 6) is 0.211. The van der Waals surface area contributed by atoms with E-state index in [4.69, 9.17) is 0 Å². The predicted molar refractivity (Wildman–Crippen MR) is 93.4 cm³/mol. The van der Waals surface area contributed by atoms with E-state index in [-0.39, 0.29) is 17.4 Å². The summed E-state index contributed by atoms with van der Waals surface area (Å²) in [4.78, 5) is 28.9. The summed E-state index contributed by atoms with van der Waals surface area (Å²) in [6, 6.07) is 7.27. The number of amides is 1. The molecule has 1 aliphatic rings. The SMILES string of the molecule is CC(C)Cn1nc(C(=O)N2CC[NH+](C)CC2)c2ccccc2c1=O. The normalized spacial score (nSPS) is 16.1. The smallest absolute Gasteiger partial charge is 0.275 e. The van der Waals surface area contributed by atoms with E-state index in [1.54, 1.807) is 6.07 Å². The molecule has 0 aliphatic carbocycles. The van der Waals surface area contributed by atoms with E-state index in [0.717, 1.165) is 26.2 Å². The molecular formula is C18H25N4O2+. The molecule has 1 N–H and O–H groups in total. The molecule has 1 aliphatic heterocycles. The quantitative estimate of drug-likeness (QED) is 0.864. The molecule has 0 radical (unpaired) electrons. The first kappa shape index (κ1) is 16.6. The van der Waals surface area contributed by atoms with Gasteiger partial charge in [0.05, 0.1) is 38.6 Å². The zero-order valence-corrected chi connectivity index (χ0v) is 14.6. The number of likely N-dealkylation sites (N-methyl/N-ethyl adjacent to an activating group) is 1. The summed E-state index contributed by atoms with van der Waals surface area (Å²) >= 11 is 0. The summed E-state index contributed by atoms with van der Waals surface area (Å²) in [6.07, 6.45) is 0. The van der Waals surface area contributed by atoms with Crippen LogP contribution in [-0.4, -0.2) is 53.8 Å². The van der Waals surface area contributed by atoms with Gasteiger partial charge in [-0.15, -0.1) is 0 Å². The van der Waals surface area contributed by atoms with Crippen molar-refractivity contribution in [3.05, 3.63) is 40.3 Å². The van der Waals surface area contributed by atoms with Crippen molar-refractivity contribution in [2.75, 3.05) is 33.2 Å². The van der Waals surface area contributed by atoms with Crippen LogP contribution in [0.1, 0.15) is 24.3 Å². The lowest BCUT2D eigenvalue weighted by molar-refractivity contribution is -0.883. The van der Waals surface area contributed by atoms with Gasteiger partial charge in [0.2, 0.25) is 0 Å². The van der Waals surface area contributed by atoms with Gasteiger partial charge in [-0.2, -0.15) is 5.10 Å². The Hall–Kier alpha value is -2.21. The number of nitrogens with one attached hydrogen (secondary N) is 1. The minimum atomic E-state index is -0.126. The molecule has 6 heteroatoms. The van der Waals surface area contributed by atoms with Crippen LogP contribution in [0.4, 0.5) is 0 Å². The first-order valence-corrected chi connectivity index (χ1v) is 8.58. The topological polar surface area (TPSA) is 59.6 Å². The first-order chi connectivity index (χ1) is 11.5. The fourth-order valence-electron chi connectivity index (χ4n) is 3.10. The molecule has 3 rings (SSSR count). The Morgan fingerprint density at radius 1 is 1.21 bits per heavy atom. The number of carbonyl (C=O) groups is 1. The Morgan fingerprint density at radius 2 is 1.83 bits per heavy atom. The largest absolute Gasteiger partial charge is 0.334 e. The lowest BCUT2D eigenvalue weighted by Gasteiger charge is -2.30. The van der Waals surface area contributed by atoms with E-state index in [2.05, 4.69) is 12.1 Å². The third-order valence-corrected chi connectivity index (χ3v) is 4.51. The Bertz CT molecular complexity index is 804. The van der Waals surface area contributed by atoms with Gasteiger partial charge in [0, 0.05) is 11.9 Å². The van der Waals surface area contributed by atoms with E-state index in [9.17, 15) is 9.59 Å². The monoisotopic (exact) mass is 329 g/mol. The molecule has 24 heavy (non-hydrogen) atoms. The number of fused-ring (bicyclic) bond motifs is 1. The molecule has 0 unspecified atom stereocenters. The molecule has 0 saturated carbocycles. The van der Waals surface area contributed by atoms with Crippen molar-refractivity contribution in [2.24, 2.45) is 5.92 Å². The fraction of sp³-hybridized carbons (Fsp3) is 0.500. The molecule has 6 nitrogen and oxygen atoms in total. The summed E-state index contributed by atoms with van der Waals surface area (Å²) < 4.78 is 1.45. The zero-order valence-electron chi connectivity index (χ0n) is 14.6. The highest BCUT2D eigenvalue weighted by atomic mass is 16.2. The second-order valence-electron chi connectivity index (χ2n) is 7.02. The number of nitrogens with zero attached hydrogens (tertiary/aromatic N) is 3. The van der Waals surface area contributed by atoms with Crippen LogP contribution < -0.4 is 10.5 Å². The highest BCUT2D eigenvalue weighted by Gasteiger charge is 2.26. The van der Waals surface area contributed by atoms with Crippen molar-refractivity contribution >= 4 is 16.7 Å². The molecule has 1 amide bonds. The molecular weight excluding hydrogens is 304 g/mol. The number of hydrogen-bond acceptors (Lipinski definition) is 3. The van der Waals surface area contributed by atoms with E-state index in [0.29, 0.717) is 23.0 Å². The van der Waals surface area contributed by atoms with Crippen molar-refractivity contribution < 1.29 is 9.69 Å². The molecule has 128 valence electrons. The second kappa shape index (κ2) is 6.73. The van der Waals surface area contributed by atoms with Crippen molar-refractivity contribution in [3.8, 4) is 0 Å². The highest BCUT2D eigenvalue weighted by Crippen LogP contribution is 2.16. The Kier molecular flexibility index (Phi) is 4.66. The first-order valence-electron chi connectivity index (χ1n) is 8.58. The van der Waals surface area contributed by atoms with Gasteiger partial charge in [0.25, 0.3) is 11.5 Å². The summed E-state index contributed by atoms with van der Waals surface area (Å²) in [5, 5.41) is 5.66. The summed E-state index contributed by atoms with van der Waals surface area (Å²) in [6.45, 7) is 7.91. The molecule has 2 heterocycles. The number of hydrogen-bond donors (Lipinski definition) is 1. The van der Waals surface area contributed by atoms with Crippen LogP contribution in [0.2, 0.25) is 0 Å². The summed E-state index contributed by atoms with van der Waals surface area (Å²) in [5.41, 5.74) is 0.268.